The number of ether oxygens (including phenoxy) is 1. The first-order chi connectivity index (χ1) is 8.66. The van der Waals surface area contributed by atoms with E-state index in [0.717, 1.165) is 32.8 Å². The van der Waals surface area contributed by atoms with Crippen molar-refractivity contribution >= 4 is 0 Å². The zero-order valence-corrected chi connectivity index (χ0v) is 12.0. The first-order valence-corrected chi connectivity index (χ1v) is 7.46. The topological polar surface area (TPSA) is 41.7 Å². The van der Waals surface area contributed by atoms with Crippen LogP contribution in [0.2, 0.25) is 0 Å². The molecule has 0 aromatic carbocycles. The van der Waals surface area contributed by atoms with Crippen LogP contribution in [0.4, 0.5) is 0 Å². The van der Waals surface area contributed by atoms with Crippen molar-refractivity contribution in [2.24, 2.45) is 11.7 Å². The molecule has 4 heteroatoms. The average molecular weight is 255 g/mol. The van der Waals surface area contributed by atoms with E-state index in [0.29, 0.717) is 18.0 Å². The van der Waals surface area contributed by atoms with E-state index >= 15 is 0 Å². The van der Waals surface area contributed by atoms with Gasteiger partial charge in [0.1, 0.15) is 0 Å². The second-order valence-corrected chi connectivity index (χ2v) is 6.04. The summed E-state index contributed by atoms with van der Waals surface area (Å²) >= 11 is 0. The Morgan fingerprint density at radius 3 is 2.28 bits per heavy atom. The van der Waals surface area contributed by atoms with Crippen LogP contribution in [0, 0.1) is 5.92 Å². The van der Waals surface area contributed by atoms with E-state index < -0.39 is 0 Å². The lowest BCUT2D eigenvalue weighted by Gasteiger charge is -2.38. The van der Waals surface area contributed by atoms with Crippen molar-refractivity contribution in [2.45, 2.75) is 38.8 Å². The van der Waals surface area contributed by atoms with Gasteiger partial charge >= 0.3 is 0 Å². The molecule has 2 rings (SSSR count). The summed E-state index contributed by atoms with van der Waals surface area (Å²) in [4.78, 5) is 5.03. The molecular weight excluding hydrogens is 226 g/mol. The molecule has 2 aliphatic heterocycles. The fourth-order valence-electron chi connectivity index (χ4n) is 3.09. The first-order valence-electron chi connectivity index (χ1n) is 7.46. The number of nitrogens with two attached hydrogens (primary N) is 1. The van der Waals surface area contributed by atoms with Crippen LogP contribution in [0.3, 0.4) is 0 Å². The number of hydrogen-bond acceptors (Lipinski definition) is 4. The van der Waals surface area contributed by atoms with Gasteiger partial charge in [-0.3, -0.25) is 4.90 Å². The molecule has 2 heterocycles. The minimum absolute atomic E-state index is 0.345. The van der Waals surface area contributed by atoms with E-state index in [9.17, 15) is 0 Å². The van der Waals surface area contributed by atoms with Crippen LogP contribution in [-0.4, -0.2) is 67.8 Å². The summed E-state index contributed by atoms with van der Waals surface area (Å²) in [5, 5.41) is 0. The van der Waals surface area contributed by atoms with Crippen molar-refractivity contribution < 1.29 is 4.74 Å². The maximum atomic E-state index is 6.40. The molecule has 0 amide bonds. The molecule has 106 valence electrons. The third-order valence-electron chi connectivity index (χ3n) is 4.48. The molecule has 2 aliphatic rings. The fraction of sp³-hybridized carbons (Fsp3) is 1.00. The van der Waals surface area contributed by atoms with Gasteiger partial charge in [-0.1, -0.05) is 0 Å². The Morgan fingerprint density at radius 2 is 1.72 bits per heavy atom. The molecule has 0 spiro atoms. The van der Waals surface area contributed by atoms with Crippen LogP contribution < -0.4 is 5.73 Å². The van der Waals surface area contributed by atoms with E-state index in [1.54, 1.807) is 0 Å². The van der Waals surface area contributed by atoms with Gasteiger partial charge in [-0.05, 0) is 45.7 Å². The highest BCUT2D eigenvalue weighted by molar-refractivity contribution is 4.83. The Kier molecular flexibility index (Phi) is 5.42. The molecule has 4 nitrogen and oxygen atoms in total. The van der Waals surface area contributed by atoms with Crippen molar-refractivity contribution in [3.05, 3.63) is 0 Å². The van der Waals surface area contributed by atoms with E-state index in [1.807, 2.05) is 0 Å². The summed E-state index contributed by atoms with van der Waals surface area (Å²) in [6.07, 6.45) is 2.54. The van der Waals surface area contributed by atoms with E-state index in [2.05, 4.69) is 23.6 Å². The molecule has 2 fully saturated rings. The molecule has 0 aliphatic carbocycles. The summed E-state index contributed by atoms with van der Waals surface area (Å²) in [6.45, 7) is 11.9. The lowest BCUT2D eigenvalue weighted by molar-refractivity contribution is 0.0292. The van der Waals surface area contributed by atoms with Gasteiger partial charge in [0, 0.05) is 31.7 Å². The quantitative estimate of drug-likeness (QED) is 0.805. The first kappa shape index (κ1) is 14.3. The molecule has 1 unspecified atom stereocenters. The monoisotopic (exact) mass is 255 g/mol. The van der Waals surface area contributed by atoms with Gasteiger partial charge < -0.3 is 15.4 Å². The van der Waals surface area contributed by atoms with Crippen molar-refractivity contribution in [3.63, 3.8) is 0 Å². The number of rotatable bonds is 4. The molecule has 2 N–H and O–H groups in total. The second-order valence-electron chi connectivity index (χ2n) is 6.04. The Morgan fingerprint density at radius 1 is 1.11 bits per heavy atom. The largest absolute Gasteiger partial charge is 0.379 e. The van der Waals surface area contributed by atoms with Gasteiger partial charge in [-0.25, -0.2) is 0 Å². The molecular formula is C14H29N3O. The van der Waals surface area contributed by atoms with E-state index in [4.69, 9.17) is 10.5 Å². The average Bonchev–Trinajstić information content (AvgIpc) is 2.40. The summed E-state index contributed by atoms with van der Waals surface area (Å²) < 4.78 is 5.38. The van der Waals surface area contributed by atoms with Crippen molar-refractivity contribution in [3.8, 4) is 0 Å². The van der Waals surface area contributed by atoms with E-state index in [-0.39, 0.29) is 0 Å². The third-order valence-corrected chi connectivity index (χ3v) is 4.48. The highest BCUT2D eigenvalue weighted by Gasteiger charge is 2.26. The molecule has 0 aromatic rings. The molecule has 2 saturated heterocycles. The number of nitrogens with zero attached hydrogens (tertiary/aromatic N) is 2. The van der Waals surface area contributed by atoms with Gasteiger partial charge in [0.2, 0.25) is 0 Å². The SMILES string of the molecule is CC(C)N1CCC(C(N)CN2CCOCC2)CC1. The number of likely N-dealkylation sites (tertiary alicyclic amines) is 1. The molecule has 18 heavy (non-hydrogen) atoms. The van der Waals surface area contributed by atoms with Crippen LogP contribution in [0.5, 0.6) is 0 Å². The maximum absolute atomic E-state index is 6.40. The number of piperidine rings is 1. The number of hydrogen-bond donors (Lipinski definition) is 1. The zero-order valence-electron chi connectivity index (χ0n) is 12.0. The minimum Gasteiger partial charge on any atom is -0.379 e. The summed E-state index contributed by atoms with van der Waals surface area (Å²) in [6, 6.07) is 1.03. The van der Waals surface area contributed by atoms with Crippen LogP contribution >= 0.6 is 0 Å². The van der Waals surface area contributed by atoms with Gasteiger partial charge in [-0.2, -0.15) is 0 Å². The molecule has 1 atom stereocenters. The second kappa shape index (κ2) is 6.85. The highest BCUT2D eigenvalue weighted by Crippen LogP contribution is 2.21. The summed E-state index contributed by atoms with van der Waals surface area (Å²) in [5.74, 6) is 0.711. The molecule has 0 radical (unpaired) electrons. The van der Waals surface area contributed by atoms with Crippen LogP contribution in [-0.2, 0) is 4.74 Å². The predicted octanol–water partition coefficient (Wildman–Crippen LogP) is 0.766. The number of morpholine rings is 1. The Bertz CT molecular complexity index is 233. The van der Waals surface area contributed by atoms with E-state index in [1.165, 1.54) is 25.9 Å². The Balaban J connectivity index is 1.71. The summed E-state index contributed by atoms with van der Waals surface area (Å²) in [5.41, 5.74) is 6.40. The smallest absolute Gasteiger partial charge is 0.0594 e. The van der Waals surface area contributed by atoms with Crippen molar-refractivity contribution in [1.82, 2.24) is 9.80 Å². The molecule has 0 bridgehead atoms. The lowest BCUT2D eigenvalue weighted by atomic mass is 9.89. The summed E-state index contributed by atoms with van der Waals surface area (Å²) in [7, 11) is 0. The Hall–Kier alpha value is -0.160. The minimum atomic E-state index is 0.345. The molecule has 0 saturated carbocycles. The van der Waals surface area contributed by atoms with Gasteiger partial charge in [0.25, 0.3) is 0 Å². The van der Waals surface area contributed by atoms with Gasteiger partial charge in [-0.15, -0.1) is 0 Å². The van der Waals surface area contributed by atoms with Crippen LogP contribution in [0.25, 0.3) is 0 Å². The van der Waals surface area contributed by atoms with Crippen molar-refractivity contribution in [1.29, 1.82) is 0 Å². The normalized spacial score (nSPS) is 26.7. The standard InChI is InChI=1S/C14H29N3O/c1-12(2)17-5-3-13(4-6-17)14(15)11-16-7-9-18-10-8-16/h12-14H,3-11,15H2,1-2H3. The zero-order chi connectivity index (χ0) is 13.0. The van der Waals surface area contributed by atoms with Crippen LogP contribution in [0.15, 0.2) is 0 Å². The third kappa shape index (κ3) is 3.92. The maximum Gasteiger partial charge on any atom is 0.0594 e. The van der Waals surface area contributed by atoms with Crippen molar-refractivity contribution in [2.75, 3.05) is 45.9 Å². The Labute approximate surface area is 111 Å². The fourth-order valence-corrected chi connectivity index (χ4v) is 3.09. The molecule has 0 aromatic heterocycles. The highest BCUT2D eigenvalue weighted by atomic mass is 16.5. The van der Waals surface area contributed by atoms with Gasteiger partial charge in [0.15, 0.2) is 0 Å². The lowest BCUT2D eigenvalue weighted by Crippen LogP contribution is -2.49. The predicted molar refractivity (Wildman–Crippen MR) is 74.7 cm³/mol. The van der Waals surface area contributed by atoms with Gasteiger partial charge in [0.05, 0.1) is 13.2 Å². The van der Waals surface area contributed by atoms with Crippen LogP contribution in [0.1, 0.15) is 26.7 Å².